The second-order valence-electron chi connectivity index (χ2n) is 7.37. The van der Waals surface area contributed by atoms with Crippen LogP contribution in [0.4, 0.5) is 5.82 Å². The van der Waals surface area contributed by atoms with Crippen LogP contribution in [0, 0.1) is 0 Å². The van der Waals surface area contributed by atoms with E-state index in [0.717, 1.165) is 51.4 Å². The van der Waals surface area contributed by atoms with E-state index < -0.39 is 0 Å². The molecule has 0 aliphatic carbocycles. The van der Waals surface area contributed by atoms with Crippen LogP contribution in [0.15, 0.2) is 42.7 Å². The molecule has 0 saturated carbocycles. The van der Waals surface area contributed by atoms with Crippen molar-refractivity contribution in [2.45, 2.75) is 25.4 Å². The fourth-order valence-electron chi connectivity index (χ4n) is 3.77. The van der Waals surface area contributed by atoms with Crippen molar-refractivity contribution in [1.82, 2.24) is 20.2 Å². The number of anilines is 1. The third-order valence-electron chi connectivity index (χ3n) is 5.39. The molecule has 0 radical (unpaired) electrons. The van der Waals surface area contributed by atoms with Crippen molar-refractivity contribution < 1.29 is 9.53 Å². The van der Waals surface area contributed by atoms with E-state index in [1.807, 2.05) is 6.07 Å². The number of amides is 1. The lowest BCUT2D eigenvalue weighted by Gasteiger charge is -2.32. The van der Waals surface area contributed by atoms with Crippen LogP contribution in [0.3, 0.4) is 0 Å². The third-order valence-corrected chi connectivity index (χ3v) is 5.39. The van der Waals surface area contributed by atoms with Gasteiger partial charge in [0.1, 0.15) is 17.8 Å². The Bertz CT molecular complexity index is 771. The molecule has 0 unspecified atom stereocenters. The molecule has 4 rings (SSSR count). The monoisotopic (exact) mass is 381 g/mol. The predicted molar refractivity (Wildman–Crippen MR) is 107 cm³/mol. The molecule has 1 aromatic heterocycles. The summed E-state index contributed by atoms with van der Waals surface area (Å²) in [6, 6.07) is 12.5. The Morgan fingerprint density at radius 3 is 2.57 bits per heavy atom. The first kappa shape index (κ1) is 18.8. The molecule has 0 bridgehead atoms. The summed E-state index contributed by atoms with van der Waals surface area (Å²) < 4.78 is 5.38. The minimum atomic E-state index is -0.113. The number of aromatic nitrogens is 2. The molecular weight excluding hydrogens is 354 g/mol. The average Bonchev–Trinajstić information content (AvgIpc) is 2.76. The first-order valence-corrected chi connectivity index (χ1v) is 10.00. The van der Waals surface area contributed by atoms with Crippen LogP contribution in [0.25, 0.3) is 0 Å². The van der Waals surface area contributed by atoms with E-state index in [0.29, 0.717) is 18.9 Å². The molecule has 0 atom stereocenters. The van der Waals surface area contributed by atoms with E-state index >= 15 is 0 Å². The van der Waals surface area contributed by atoms with Gasteiger partial charge in [0.2, 0.25) is 0 Å². The summed E-state index contributed by atoms with van der Waals surface area (Å²) in [5.41, 5.74) is 1.77. The molecule has 7 heteroatoms. The number of carbonyl (C=O) groups is 1. The van der Waals surface area contributed by atoms with Gasteiger partial charge in [0.05, 0.1) is 13.2 Å². The molecule has 0 spiro atoms. The summed E-state index contributed by atoms with van der Waals surface area (Å²) >= 11 is 0. The minimum absolute atomic E-state index is 0.113. The lowest BCUT2D eigenvalue weighted by Crippen LogP contribution is -2.44. The number of likely N-dealkylation sites (tertiary alicyclic amines) is 1. The van der Waals surface area contributed by atoms with Gasteiger partial charge < -0.3 is 15.0 Å². The summed E-state index contributed by atoms with van der Waals surface area (Å²) in [6.07, 6.45) is 3.39. The Hall–Kier alpha value is -2.51. The fraction of sp³-hybridized carbons (Fsp3) is 0.476. The highest BCUT2D eigenvalue weighted by molar-refractivity contribution is 5.93. The van der Waals surface area contributed by atoms with Gasteiger partial charge in [0.15, 0.2) is 0 Å². The van der Waals surface area contributed by atoms with Gasteiger partial charge in [-0.05, 0) is 18.4 Å². The van der Waals surface area contributed by atoms with Gasteiger partial charge in [-0.15, -0.1) is 0 Å². The molecule has 2 saturated heterocycles. The standard InChI is InChI=1S/C21H27N5O2/c27-21(19-14-20(23-16-22-19)26-10-12-28-13-11-26)24-18-6-8-25(9-7-18)15-17-4-2-1-3-5-17/h1-5,14,16,18H,6-13,15H2,(H,24,27). The zero-order chi connectivity index (χ0) is 19.2. The maximum Gasteiger partial charge on any atom is 0.270 e. The Morgan fingerprint density at radius 1 is 1.07 bits per heavy atom. The van der Waals surface area contributed by atoms with Gasteiger partial charge in [-0.1, -0.05) is 30.3 Å². The van der Waals surface area contributed by atoms with E-state index in [1.54, 1.807) is 6.07 Å². The number of carbonyl (C=O) groups excluding carboxylic acids is 1. The van der Waals surface area contributed by atoms with E-state index in [1.165, 1.54) is 11.9 Å². The van der Waals surface area contributed by atoms with Gasteiger partial charge >= 0.3 is 0 Å². The predicted octanol–water partition coefficient (Wildman–Crippen LogP) is 1.71. The zero-order valence-electron chi connectivity index (χ0n) is 16.1. The highest BCUT2D eigenvalue weighted by Gasteiger charge is 2.22. The number of nitrogens with zero attached hydrogens (tertiary/aromatic N) is 4. The van der Waals surface area contributed by atoms with Crippen molar-refractivity contribution in [3.63, 3.8) is 0 Å². The highest BCUT2D eigenvalue weighted by Crippen LogP contribution is 2.16. The van der Waals surface area contributed by atoms with Crippen LogP contribution in [0.2, 0.25) is 0 Å². The lowest BCUT2D eigenvalue weighted by atomic mass is 10.0. The quantitative estimate of drug-likeness (QED) is 0.850. The van der Waals surface area contributed by atoms with Crippen molar-refractivity contribution in [2.24, 2.45) is 0 Å². The fourth-order valence-corrected chi connectivity index (χ4v) is 3.77. The first-order chi connectivity index (χ1) is 13.8. The second-order valence-corrected chi connectivity index (χ2v) is 7.37. The summed E-state index contributed by atoms with van der Waals surface area (Å²) in [4.78, 5) is 25.7. The molecule has 1 aromatic carbocycles. The summed E-state index contributed by atoms with van der Waals surface area (Å²) in [5, 5.41) is 3.15. The Balaban J connectivity index is 1.28. The second kappa shape index (κ2) is 9.12. The van der Waals surface area contributed by atoms with Gasteiger partial charge in [0, 0.05) is 44.8 Å². The summed E-state index contributed by atoms with van der Waals surface area (Å²) in [5.74, 6) is 0.680. The number of piperidine rings is 1. The van der Waals surface area contributed by atoms with Crippen LogP contribution in [-0.2, 0) is 11.3 Å². The molecule has 2 aliphatic rings. The van der Waals surface area contributed by atoms with E-state index in [-0.39, 0.29) is 11.9 Å². The van der Waals surface area contributed by atoms with Gasteiger partial charge in [0.25, 0.3) is 5.91 Å². The Labute approximate surface area is 165 Å². The van der Waals surface area contributed by atoms with Crippen molar-refractivity contribution in [3.05, 3.63) is 54.0 Å². The Kier molecular flexibility index (Phi) is 6.14. The average molecular weight is 381 g/mol. The maximum atomic E-state index is 12.7. The van der Waals surface area contributed by atoms with Crippen molar-refractivity contribution in [1.29, 1.82) is 0 Å². The third kappa shape index (κ3) is 4.85. The number of morpholine rings is 1. The maximum absolute atomic E-state index is 12.7. The topological polar surface area (TPSA) is 70.6 Å². The van der Waals surface area contributed by atoms with Crippen molar-refractivity contribution in [2.75, 3.05) is 44.3 Å². The molecule has 148 valence electrons. The number of hydrogen-bond donors (Lipinski definition) is 1. The zero-order valence-corrected chi connectivity index (χ0v) is 16.1. The van der Waals surface area contributed by atoms with E-state index in [9.17, 15) is 4.79 Å². The molecule has 28 heavy (non-hydrogen) atoms. The molecule has 1 amide bonds. The van der Waals surface area contributed by atoms with Crippen LogP contribution in [0.5, 0.6) is 0 Å². The van der Waals surface area contributed by atoms with Gasteiger partial charge in [-0.2, -0.15) is 0 Å². The largest absolute Gasteiger partial charge is 0.378 e. The van der Waals surface area contributed by atoms with Crippen molar-refractivity contribution >= 4 is 11.7 Å². The normalized spacial score (nSPS) is 18.8. The minimum Gasteiger partial charge on any atom is -0.378 e. The molecular formula is C21H27N5O2. The number of hydrogen-bond acceptors (Lipinski definition) is 6. The van der Waals surface area contributed by atoms with Crippen LogP contribution in [0.1, 0.15) is 28.9 Å². The van der Waals surface area contributed by atoms with E-state index in [2.05, 4.69) is 49.4 Å². The van der Waals surface area contributed by atoms with Crippen LogP contribution >= 0.6 is 0 Å². The van der Waals surface area contributed by atoms with Gasteiger partial charge in [-0.25, -0.2) is 9.97 Å². The molecule has 3 heterocycles. The molecule has 2 aromatic rings. The number of nitrogens with one attached hydrogen (secondary N) is 1. The van der Waals surface area contributed by atoms with Crippen molar-refractivity contribution in [3.8, 4) is 0 Å². The summed E-state index contributed by atoms with van der Waals surface area (Å²) in [7, 11) is 0. The molecule has 2 fully saturated rings. The highest BCUT2D eigenvalue weighted by atomic mass is 16.5. The van der Waals surface area contributed by atoms with Gasteiger partial charge in [-0.3, -0.25) is 9.69 Å². The summed E-state index contributed by atoms with van der Waals surface area (Å²) in [6.45, 7) is 5.90. The Morgan fingerprint density at radius 2 is 1.82 bits per heavy atom. The number of rotatable bonds is 5. The number of benzene rings is 1. The van der Waals surface area contributed by atoms with Crippen LogP contribution < -0.4 is 10.2 Å². The molecule has 1 N–H and O–H groups in total. The van der Waals surface area contributed by atoms with E-state index in [4.69, 9.17) is 4.74 Å². The van der Waals surface area contributed by atoms with Crippen LogP contribution in [-0.4, -0.2) is 66.2 Å². The lowest BCUT2D eigenvalue weighted by molar-refractivity contribution is 0.0903. The first-order valence-electron chi connectivity index (χ1n) is 10.00. The molecule has 2 aliphatic heterocycles. The molecule has 7 nitrogen and oxygen atoms in total. The number of ether oxygens (including phenoxy) is 1. The smallest absolute Gasteiger partial charge is 0.270 e. The SMILES string of the molecule is O=C(NC1CCN(Cc2ccccc2)CC1)c1cc(N2CCOCC2)ncn1.